The lowest BCUT2D eigenvalue weighted by Crippen LogP contribution is -2.32. The van der Waals surface area contributed by atoms with Gasteiger partial charge in [-0.3, -0.25) is 4.79 Å². The molecule has 0 fully saturated rings. The lowest BCUT2D eigenvalue weighted by molar-refractivity contribution is -0.121. The summed E-state index contributed by atoms with van der Waals surface area (Å²) >= 11 is 3.28. The van der Waals surface area contributed by atoms with E-state index in [1.54, 1.807) is 6.07 Å². The van der Waals surface area contributed by atoms with Gasteiger partial charge in [0.1, 0.15) is 0 Å². The van der Waals surface area contributed by atoms with Crippen LogP contribution in [0.3, 0.4) is 0 Å². The van der Waals surface area contributed by atoms with Gasteiger partial charge in [0.05, 0.1) is 16.8 Å². The first-order valence-electron chi connectivity index (χ1n) is 6.62. The number of hydrogen-bond donors (Lipinski definition) is 2. The summed E-state index contributed by atoms with van der Waals surface area (Å²) in [5.74, 6) is -0.620. The normalized spacial score (nSPS) is 18.2. The maximum absolute atomic E-state index is 14.1. The van der Waals surface area contributed by atoms with Crippen molar-refractivity contribution in [1.29, 1.82) is 0 Å². The summed E-state index contributed by atoms with van der Waals surface area (Å²) in [6.45, 7) is 2.10. The minimum atomic E-state index is -0.510. The lowest BCUT2D eigenvalue weighted by atomic mass is 9.94. The van der Waals surface area contributed by atoms with Gasteiger partial charge in [-0.1, -0.05) is 6.92 Å². The number of nitrogens with one attached hydrogen (secondary N) is 1. The first kappa shape index (κ1) is 15.9. The number of halogens is 2. The third-order valence-electron chi connectivity index (χ3n) is 3.10. The zero-order valence-corrected chi connectivity index (χ0v) is 13.1. The maximum atomic E-state index is 14.1. The van der Waals surface area contributed by atoms with Crippen LogP contribution in [0.5, 0.6) is 5.75 Å². The van der Waals surface area contributed by atoms with Crippen LogP contribution < -0.4 is 10.2 Å². The van der Waals surface area contributed by atoms with Gasteiger partial charge < -0.3 is 9.84 Å². The van der Waals surface area contributed by atoms with Crippen molar-refractivity contribution in [3.63, 3.8) is 0 Å². The summed E-state index contributed by atoms with van der Waals surface area (Å²) in [6, 6.07) is 3.05. The molecule has 1 unspecified atom stereocenters. The molecule has 0 saturated heterocycles. The fraction of sp³-hybridized carbons (Fsp3) is 0.429. The van der Waals surface area contributed by atoms with Crippen molar-refractivity contribution in [2.75, 3.05) is 13.2 Å². The molecule has 0 saturated carbocycles. The molecule has 0 aromatic heterocycles. The fourth-order valence-electron chi connectivity index (χ4n) is 2.09. The molecule has 1 aliphatic rings. The molecule has 1 aromatic rings. The lowest BCUT2D eigenvalue weighted by Gasteiger charge is -2.20. The standard InChI is InChI=1S/C14H16BrFN2O3/c1-8-5-12(20)17-18-13(8)9-6-10(15)14(11(16)7-9)21-4-2-3-19/h6-8,19H,2-5H2,1H3,(H,17,20). The minimum Gasteiger partial charge on any atom is -0.489 e. The van der Waals surface area contributed by atoms with Crippen molar-refractivity contribution in [3.05, 3.63) is 28.0 Å². The number of rotatable bonds is 5. The summed E-state index contributed by atoms with van der Waals surface area (Å²) in [4.78, 5) is 11.2. The number of hydrazone groups is 1. The van der Waals surface area contributed by atoms with Crippen LogP contribution in [-0.4, -0.2) is 29.9 Å². The highest BCUT2D eigenvalue weighted by Gasteiger charge is 2.23. The van der Waals surface area contributed by atoms with E-state index in [0.717, 1.165) is 0 Å². The van der Waals surface area contributed by atoms with E-state index < -0.39 is 5.82 Å². The molecule has 0 aliphatic carbocycles. The monoisotopic (exact) mass is 358 g/mol. The highest BCUT2D eigenvalue weighted by molar-refractivity contribution is 9.10. The predicted octanol–water partition coefficient (Wildman–Crippen LogP) is 2.21. The average molecular weight is 359 g/mol. The SMILES string of the molecule is CC1CC(=O)NN=C1c1cc(F)c(OCCCO)c(Br)c1. The Morgan fingerprint density at radius 3 is 2.95 bits per heavy atom. The smallest absolute Gasteiger partial charge is 0.240 e. The van der Waals surface area contributed by atoms with Crippen LogP contribution in [0.25, 0.3) is 0 Å². The molecule has 1 amide bonds. The number of ether oxygens (including phenoxy) is 1. The molecule has 0 bridgehead atoms. The largest absolute Gasteiger partial charge is 0.489 e. The Morgan fingerprint density at radius 2 is 2.33 bits per heavy atom. The first-order valence-corrected chi connectivity index (χ1v) is 7.41. The topological polar surface area (TPSA) is 70.9 Å². The Labute approximate surface area is 130 Å². The highest BCUT2D eigenvalue weighted by atomic mass is 79.9. The van der Waals surface area contributed by atoms with Gasteiger partial charge in [0.25, 0.3) is 0 Å². The van der Waals surface area contributed by atoms with Crippen molar-refractivity contribution in [2.24, 2.45) is 11.0 Å². The van der Waals surface area contributed by atoms with E-state index in [2.05, 4.69) is 26.5 Å². The second kappa shape index (κ2) is 7.00. The van der Waals surface area contributed by atoms with Gasteiger partial charge in [0, 0.05) is 30.9 Å². The van der Waals surface area contributed by atoms with Crippen molar-refractivity contribution in [2.45, 2.75) is 19.8 Å². The van der Waals surface area contributed by atoms with E-state index in [-0.39, 0.29) is 30.8 Å². The van der Waals surface area contributed by atoms with Gasteiger partial charge in [-0.2, -0.15) is 5.10 Å². The summed E-state index contributed by atoms with van der Waals surface area (Å²) in [5.41, 5.74) is 3.64. The molecular weight excluding hydrogens is 343 g/mol. The van der Waals surface area contributed by atoms with Crippen LogP contribution in [0.2, 0.25) is 0 Å². The van der Waals surface area contributed by atoms with E-state index in [0.29, 0.717) is 28.6 Å². The summed E-state index contributed by atoms with van der Waals surface area (Å²) < 4.78 is 19.9. The van der Waals surface area contributed by atoms with E-state index in [4.69, 9.17) is 9.84 Å². The summed E-state index contributed by atoms with van der Waals surface area (Å²) in [6.07, 6.45) is 0.760. The van der Waals surface area contributed by atoms with Gasteiger partial charge in [-0.25, -0.2) is 9.82 Å². The molecule has 0 spiro atoms. The van der Waals surface area contributed by atoms with Crippen LogP contribution >= 0.6 is 15.9 Å². The molecule has 1 aliphatic heterocycles. The number of carbonyl (C=O) groups is 1. The Kier molecular flexibility index (Phi) is 5.30. The van der Waals surface area contributed by atoms with Crippen LogP contribution in [0.1, 0.15) is 25.3 Å². The van der Waals surface area contributed by atoms with E-state index >= 15 is 0 Å². The quantitative estimate of drug-likeness (QED) is 0.792. The zero-order chi connectivity index (χ0) is 15.4. The van der Waals surface area contributed by atoms with E-state index in [1.807, 2.05) is 6.92 Å². The molecule has 5 nitrogen and oxygen atoms in total. The number of hydrogen-bond acceptors (Lipinski definition) is 4. The van der Waals surface area contributed by atoms with Gasteiger partial charge in [-0.05, 0) is 28.1 Å². The second-order valence-corrected chi connectivity index (χ2v) is 5.69. The molecule has 21 heavy (non-hydrogen) atoms. The van der Waals surface area contributed by atoms with E-state index in [1.165, 1.54) is 6.07 Å². The number of nitrogens with zero attached hydrogens (tertiary/aromatic N) is 1. The van der Waals surface area contributed by atoms with Crippen LogP contribution in [0.4, 0.5) is 4.39 Å². The third kappa shape index (κ3) is 3.79. The Bertz CT molecular complexity index is 554. The first-order chi connectivity index (χ1) is 10.0. The number of benzene rings is 1. The van der Waals surface area contributed by atoms with Crippen LogP contribution in [-0.2, 0) is 4.79 Å². The predicted molar refractivity (Wildman–Crippen MR) is 79.8 cm³/mol. The Balaban J connectivity index is 2.25. The molecule has 2 N–H and O–H groups in total. The third-order valence-corrected chi connectivity index (χ3v) is 3.69. The van der Waals surface area contributed by atoms with Gasteiger partial charge in [0.15, 0.2) is 11.6 Å². The Hall–Kier alpha value is -1.47. The zero-order valence-electron chi connectivity index (χ0n) is 11.5. The van der Waals surface area contributed by atoms with Gasteiger partial charge >= 0.3 is 0 Å². The fourth-order valence-corrected chi connectivity index (χ4v) is 2.64. The molecule has 1 atom stereocenters. The van der Waals surface area contributed by atoms with Crippen LogP contribution in [0, 0.1) is 11.7 Å². The highest BCUT2D eigenvalue weighted by Crippen LogP contribution is 2.31. The van der Waals surface area contributed by atoms with Gasteiger partial charge in [0.2, 0.25) is 5.91 Å². The number of aliphatic hydroxyl groups excluding tert-OH is 1. The number of amides is 1. The summed E-state index contributed by atoms with van der Waals surface area (Å²) in [7, 11) is 0. The summed E-state index contributed by atoms with van der Waals surface area (Å²) in [5, 5.41) is 12.7. The molecule has 1 aromatic carbocycles. The maximum Gasteiger partial charge on any atom is 0.240 e. The van der Waals surface area contributed by atoms with Crippen molar-refractivity contribution in [1.82, 2.24) is 5.43 Å². The number of aliphatic hydroxyl groups is 1. The number of carbonyl (C=O) groups excluding carboxylic acids is 1. The molecule has 114 valence electrons. The van der Waals surface area contributed by atoms with E-state index in [9.17, 15) is 9.18 Å². The van der Waals surface area contributed by atoms with Crippen molar-refractivity contribution < 1.29 is 19.0 Å². The van der Waals surface area contributed by atoms with Crippen molar-refractivity contribution in [3.8, 4) is 5.75 Å². The second-order valence-electron chi connectivity index (χ2n) is 4.83. The Morgan fingerprint density at radius 1 is 1.57 bits per heavy atom. The molecule has 2 rings (SSSR count). The average Bonchev–Trinajstić information content (AvgIpc) is 2.41. The molecule has 0 radical (unpaired) electrons. The van der Waals surface area contributed by atoms with Gasteiger partial charge in [-0.15, -0.1) is 0 Å². The van der Waals surface area contributed by atoms with Crippen LogP contribution in [0.15, 0.2) is 21.7 Å². The molecule has 1 heterocycles. The molecule has 7 heteroatoms. The molecular formula is C14H16BrFN2O3. The minimum absolute atomic E-state index is 0.00859. The van der Waals surface area contributed by atoms with Crippen molar-refractivity contribution >= 4 is 27.5 Å².